The highest BCUT2D eigenvalue weighted by Crippen LogP contribution is 2.04. The number of benzene rings is 1. The molecule has 5 nitrogen and oxygen atoms in total. The van der Waals surface area contributed by atoms with Crippen LogP contribution in [0.3, 0.4) is 0 Å². The zero-order valence-electron chi connectivity index (χ0n) is 13.6. The normalized spacial score (nSPS) is 13.0. The number of halogens is 1. The van der Waals surface area contributed by atoms with Gasteiger partial charge in [-0.1, -0.05) is 12.1 Å². The Morgan fingerprint density at radius 2 is 1.91 bits per heavy atom. The van der Waals surface area contributed by atoms with Gasteiger partial charge in [0, 0.05) is 24.4 Å². The van der Waals surface area contributed by atoms with Gasteiger partial charge < -0.3 is 15.4 Å². The van der Waals surface area contributed by atoms with Crippen molar-refractivity contribution in [3.8, 4) is 0 Å². The summed E-state index contributed by atoms with van der Waals surface area (Å²) in [6.45, 7) is 2.19. The summed E-state index contributed by atoms with van der Waals surface area (Å²) in [5.41, 5.74) is 1.65. The van der Waals surface area contributed by atoms with Crippen LogP contribution in [0.4, 0.5) is 4.39 Å². The number of ether oxygens (including phenoxy) is 1. The van der Waals surface area contributed by atoms with Crippen LogP contribution in [0.15, 0.2) is 35.7 Å². The Bertz CT molecular complexity index is 573. The first-order valence-electron chi connectivity index (χ1n) is 7.24. The molecular weight excluding hydrogens is 319 g/mol. The summed E-state index contributed by atoms with van der Waals surface area (Å²) in [5, 5.41) is 5.64. The summed E-state index contributed by atoms with van der Waals surface area (Å²) >= 11 is 0. The summed E-state index contributed by atoms with van der Waals surface area (Å²) in [6.07, 6.45) is 0.600. The molecule has 128 valence electrons. The highest BCUT2D eigenvalue weighted by atomic mass is 32.2. The molecule has 0 aliphatic rings. The monoisotopic (exact) mass is 342 g/mol. The van der Waals surface area contributed by atoms with E-state index in [4.69, 9.17) is 4.74 Å². The molecule has 2 N–H and O–H groups in total. The van der Waals surface area contributed by atoms with Crippen LogP contribution in [0.1, 0.15) is 12.5 Å². The zero-order valence-corrected chi connectivity index (χ0v) is 14.5. The maximum atomic E-state index is 12.8. The lowest BCUT2D eigenvalue weighted by Gasteiger charge is -2.11. The minimum absolute atomic E-state index is 0.0639. The molecule has 0 radical (unpaired) electrons. The molecule has 1 aromatic rings. The summed E-state index contributed by atoms with van der Waals surface area (Å²) < 4.78 is 29.9. The Balaban J connectivity index is 2.35. The minimum atomic E-state index is -1.32. The van der Waals surface area contributed by atoms with Crippen molar-refractivity contribution >= 4 is 16.7 Å². The molecule has 0 aromatic heterocycles. The Hall–Kier alpha value is -1.89. The predicted molar refractivity (Wildman–Crippen MR) is 89.8 cm³/mol. The van der Waals surface area contributed by atoms with Gasteiger partial charge in [0.25, 0.3) is 0 Å². The third-order valence-corrected chi connectivity index (χ3v) is 4.47. The second-order valence-electron chi connectivity index (χ2n) is 4.94. The van der Waals surface area contributed by atoms with Crippen molar-refractivity contribution in [2.24, 2.45) is 0 Å². The first-order valence-corrected chi connectivity index (χ1v) is 8.72. The van der Waals surface area contributed by atoms with Gasteiger partial charge in [-0.15, -0.1) is 0 Å². The van der Waals surface area contributed by atoms with E-state index in [1.54, 1.807) is 26.1 Å². The van der Waals surface area contributed by atoms with E-state index < -0.39 is 10.8 Å². The van der Waals surface area contributed by atoms with Crippen LogP contribution in [-0.4, -0.2) is 42.3 Å². The molecule has 0 heterocycles. The van der Waals surface area contributed by atoms with Gasteiger partial charge in [-0.05, 0) is 31.0 Å². The highest BCUT2D eigenvalue weighted by molar-refractivity contribution is 7.85. The van der Waals surface area contributed by atoms with Crippen molar-refractivity contribution in [2.75, 3.05) is 32.2 Å². The summed E-state index contributed by atoms with van der Waals surface area (Å²) in [4.78, 5) is 11.8. The van der Waals surface area contributed by atoms with E-state index in [0.29, 0.717) is 24.4 Å². The van der Waals surface area contributed by atoms with Crippen molar-refractivity contribution < 1.29 is 18.1 Å². The van der Waals surface area contributed by atoms with Crippen LogP contribution in [0, 0.1) is 5.82 Å². The van der Waals surface area contributed by atoms with Crippen molar-refractivity contribution in [3.63, 3.8) is 0 Å². The SMILES string of the molecule is CN/C(CS(=O)CC(=O)NCCc1ccc(F)cc1)=C(/C)OC. The molecule has 0 aliphatic heterocycles. The van der Waals surface area contributed by atoms with E-state index in [0.717, 1.165) is 5.56 Å². The Morgan fingerprint density at radius 1 is 1.26 bits per heavy atom. The quantitative estimate of drug-likeness (QED) is 0.665. The lowest BCUT2D eigenvalue weighted by molar-refractivity contribution is -0.118. The van der Waals surface area contributed by atoms with E-state index in [1.807, 2.05) is 0 Å². The van der Waals surface area contributed by atoms with Gasteiger partial charge in [-0.3, -0.25) is 9.00 Å². The van der Waals surface area contributed by atoms with Crippen molar-refractivity contribution in [2.45, 2.75) is 13.3 Å². The first kappa shape index (κ1) is 19.2. The smallest absolute Gasteiger partial charge is 0.232 e. The molecule has 1 aromatic carbocycles. The molecule has 1 rings (SSSR count). The average Bonchev–Trinajstić information content (AvgIpc) is 2.53. The number of carbonyl (C=O) groups excluding carboxylic acids is 1. The van der Waals surface area contributed by atoms with Gasteiger partial charge >= 0.3 is 0 Å². The number of amides is 1. The van der Waals surface area contributed by atoms with Crippen molar-refractivity contribution in [3.05, 3.63) is 47.1 Å². The Morgan fingerprint density at radius 3 is 2.48 bits per heavy atom. The fraction of sp³-hybridized carbons (Fsp3) is 0.438. The van der Waals surface area contributed by atoms with Gasteiger partial charge in [0.05, 0.1) is 18.6 Å². The molecule has 0 saturated carbocycles. The lowest BCUT2D eigenvalue weighted by atomic mass is 10.1. The predicted octanol–water partition coefficient (Wildman–Crippen LogP) is 1.33. The average molecular weight is 342 g/mol. The Kier molecular flexibility index (Phi) is 8.32. The maximum Gasteiger partial charge on any atom is 0.232 e. The van der Waals surface area contributed by atoms with E-state index in [9.17, 15) is 13.4 Å². The van der Waals surface area contributed by atoms with Crippen LogP contribution in [-0.2, 0) is 26.8 Å². The molecule has 7 heteroatoms. The van der Waals surface area contributed by atoms with E-state index in [2.05, 4.69) is 10.6 Å². The van der Waals surface area contributed by atoms with Gasteiger partial charge in [0.1, 0.15) is 17.3 Å². The molecule has 1 amide bonds. The molecule has 23 heavy (non-hydrogen) atoms. The molecular formula is C16H23FN2O3S. The third kappa shape index (κ3) is 7.27. The summed E-state index contributed by atoms with van der Waals surface area (Å²) in [5.74, 6) is 0.272. The van der Waals surface area contributed by atoms with E-state index in [-0.39, 0.29) is 23.2 Å². The topological polar surface area (TPSA) is 67.4 Å². The summed E-state index contributed by atoms with van der Waals surface area (Å²) in [7, 11) is 1.94. The number of allylic oxidation sites excluding steroid dienone is 1. The van der Waals surface area contributed by atoms with Crippen LogP contribution in [0.2, 0.25) is 0 Å². The van der Waals surface area contributed by atoms with Crippen molar-refractivity contribution in [1.29, 1.82) is 0 Å². The molecule has 0 bridgehead atoms. The van der Waals surface area contributed by atoms with Crippen LogP contribution >= 0.6 is 0 Å². The minimum Gasteiger partial charge on any atom is -0.500 e. The molecule has 1 unspecified atom stereocenters. The van der Waals surface area contributed by atoms with E-state index in [1.165, 1.54) is 19.2 Å². The maximum absolute atomic E-state index is 12.8. The van der Waals surface area contributed by atoms with Crippen molar-refractivity contribution in [1.82, 2.24) is 10.6 Å². The second-order valence-corrected chi connectivity index (χ2v) is 6.40. The van der Waals surface area contributed by atoms with Gasteiger partial charge in [-0.25, -0.2) is 4.39 Å². The fourth-order valence-corrected chi connectivity index (χ4v) is 3.05. The molecule has 1 atom stereocenters. The van der Waals surface area contributed by atoms with E-state index >= 15 is 0 Å². The van der Waals surface area contributed by atoms with Crippen LogP contribution < -0.4 is 10.6 Å². The number of methoxy groups -OCH3 is 1. The van der Waals surface area contributed by atoms with Gasteiger partial charge in [0.2, 0.25) is 5.91 Å². The molecule has 0 aliphatic carbocycles. The Labute approximate surface area is 138 Å². The highest BCUT2D eigenvalue weighted by Gasteiger charge is 2.11. The molecule has 0 fully saturated rings. The largest absolute Gasteiger partial charge is 0.500 e. The fourth-order valence-electron chi connectivity index (χ4n) is 1.88. The zero-order chi connectivity index (χ0) is 17.2. The number of hydrogen-bond donors (Lipinski definition) is 2. The lowest BCUT2D eigenvalue weighted by Crippen LogP contribution is -2.31. The number of rotatable bonds is 9. The molecule has 0 saturated heterocycles. The first-order chi connectivity index (χ1) is 11.0. The third-order valence-electron chi connectivity index (χ3n) is 3.28. The van der Waals surface area contributed by atoms with Gasteiger partial charge in [-0.2, -0.15) is 0 Å². The summed E-state index contributed by atoms with van der Waals surface area (Å²) in [6, 6.07) is 6.13. The van der Waals surface area contributed by atoms with Crippen LogP contribution in [0.5, 0.6) is 0 Å². The standard InChI is InChI=1S/C16H23FN2O3S/c1-12(22-3)15(18-2)10-23(21)11-16(20)19-9-8-13-4-6-14(17)7-5-13/h4-7,18H,8-11H2,1-3H3,(H,19,20)/b15-12-. The second kappa shape index (κ2) is 9.99. The number of nitrogens with one attached hydrogen (secondary N) is 2. The number of carbonyl (C=O) groups is 1. The van der Waals surface area contributed by atoms with Gasteiger partial charge in [0.15, 0.2) is 0 Å². The van der Waals surface area contributed by atoms with Crippen LogP contribution in [0.25, 0.3) is 0 Å². The number of hydrogen-bond acceptors (Lipinski definition) is 4. The molecule has 0 spiro atoms.